The average molecular weight is 561 g/mol. The zero-order valence-corrected chi connectivity index (χ0v) is 25.3. The Kier molecular flexibility index (Phi) is 9.48. The zero-order chi connectivity index (χ0) is 28.6. The van der Waals surface area contributed by atoms with Crippen molar-refractivity contribution in [3.05, 3.63) is 0 Å². The van der Waals surface area contributed by atoms with Crippen LogP contribution in [0.15, 0.2) is 0 Å². The standard InChI is InChI=1S/C21H32O4.C9H14O.C3H6O2/c1-4-12(7-11(2)20(22)24-3)21(23)25-17-10-15-9-16(17)19-14-6-5-13(8-14)18(15)19;1-2-7-3-6(1)4-8(7)9-5-10-9;1-3(4)5-2/h11-19H,4-10H2,1-3H3;6-9H,1-5H2;1-2H3. The number of fused-ring (bicyclic) bond motifs is 11. The van der Waals surface area contributed by atoms with E-state index in [1.807, 2.05) is 13.8 Å². The first-order valence-electron chi connectivity index (χ1n) is 16.2. The van der Waals surface area contributed by atoms with E-state index in [9.17, 15) is 14.4 Å². The van der Waals surface area contributed by atoms with E-state index < -0.39 is 0 Å². The number of hydrogen-bond donors (Lipinski definition) is 0. The molecule has 7 aliphatic rings. The van der Waals surface area contributed by atoms with Crippen LogP contribution in [0.25, 0.3) is 0 Å². The lowest BCUT2D eigenvalue weighted by Crippen LogP contribution is -2.38. The quantitative estimate of drug-likeness (QED) is 0.168. The maximum absolute atomic E-state index is 12.7. The van der Waals surface area contributed by atoms with Gasteiger partial charge in [0.15, 0.2) is 0 Å². The molecule has 0 N–H and O–H groups in total. The second-order valence-corrected chi connectivity index (χ2v) is 14.0. The maximum Gasteiger partial charge on any atom is 0.309 e. The summed E-state index contributed by atoms with van der Waals surface area (Å²) in [5.41, 5.74) is 0. The minimum Gasteiger partial charge on any atom is -0.469 e. The first-order valence-corrected chi connectivity index (χ1v) is 16.2. The van der Waals surface area contributed by atoms with Crippen molar-refractivity contribution in [1.29, 1.82) is 0 Å². The molecule has 7 fully saturated rings. The van der Waals surface area contributed by atoms with E-state index in [-0.39, 0.29) is 35.8 Å². The molecule has 40 heavy (non-hydrogen) atoms. The Morgan fingerprint density at radius 1 is 0.800 bits per heavy atom. The first-order chi connectivity index (χ1) is 19.2. The molecule has 0 aromatic rings. The van der Waals surface area contributed by atoms with Crippen molar-refractivity contribution in [2.45, 2.75) is 104 Å². The average Bonchev–Trinajstić information content (AvgIpc) is 3.54. The summed E-state index contributed by atoms with van der Waals surface area (Å²) in [6, 6.07) is 0. The number of rotatable bonds is 7. The Morgan fingerprint density at radius 3 is 2.02 bits per heavy atom. The molecule has 7 heteroatoms. The van der Waals surface area contributed by atoms with E-state index in [0.717, 1.165) is 66.8 Å². The minimum absolute atomic E-state index is 0.0875. The molecule has 1 heterocycles. The smallest absolute Gasteiger partial charge is 0.309 e. The molecule has 0 radical (unpaired) electrons. The van der Waals surface area contributed by atoms with Crippen LogP contribution in [-0.2, 0) is 33.3 Å². The third-order valence-corrected chi connectivity index (χ3v) is 11.9. The Bertz CT molecular complexity index is 914. The van der Waals surface area contributed by atoms with Gasteiger partial charge in [0.1, 0.15) is 6.10 Å². The van der Waals surface area contributed by atoms with Crippen LogP contribution >= 0.6 is 0 Å². The predicted molar refractivity (Wildman–Crippen MR) is 150 cm³/mol. The summed E-state index contributed by atoms with van der Waals surface area (Å²) in [5, 5.41) is 0. The van der Waals surface area contributed by atoms with Gasteiger partial charge in [0, 0.05) is 6.92 Å². The Morgan fingerprint density at radius 2 is 1.48 bits per heavy atom. The highest BCUT2D eigenvalue weighted by atomic mass is 16.6. The second-order valence-electron chi connectivity index (χ2n) is 14.0. The highest BCUT2D eigenvalue weighted by Crippen LogP contribution is 2.67. The molecule has 7 nitrogen and oxygen atoms in total. The Labute approximate surface area is 240 Å². The summed E-state index contributed by atoms with van der Waals surface area (Å²) in [7, 11) is 2.75. The third kappa shape index (κ3) is 6.24. The molecule has 7 rings (SSSR count). The van der Waals surface area contributed by atoms with Crippen LogP contribution in [0.4, 0.5) is 0 Å². The largest absolute Gasteiger partial charge is 0.469 e. The second kappa shape index (κ2) is 12.7. The number of epoxide rings is 1. The van der Waals surface area contributed by atoms with Gasteiger partial charge >= 0.3 is 17.9 Å². The number of esters is 3. The summed E-state index contributed by atoms with van der Waals surface area (Å²) in [6.07, 6.45) is 14.8. The van der Waals surface area contributed by atoms with Crippen molar-refractivity contribution < 1.29 is 33.3 Å². The first kappa shape index (κ1) is 29.8. The molecule has 1 aliphatic heterocycles. The van der Waals surface area contributed by atoms with Crippen molar-refractivity contribution >= 4 is 17.9 Å². The fourth-order valence-electron chi connectivity index (χ4n) is 10.1. The van der Waals surface area contributed by atoms with Gasteiger partial charge in [-0.05, 0) is 117 Å². The molecule has 0 spiro atoms. The predicted octanol–water partition coefficient (Wildman–Crippen LogP) is 5.83. The fraction of sp³-hybridized carbons (Fsp3) is 0.909. The highest BCUT2D eigenvalue weighted by molar-refractivity contribution is 5.76. The lowest BCUT2D eigenvalue weighted by Gasteiger charge is -2.38. The van der Waals surface area contributed by atoms with Gasteiger partial charge in [-0.3, -0.25) is 14.4 Å². The molecule has 13 atom stereocenters. The van der Waals surface area contributed by atoms with Gasteiger partial charge in [-0.25, -0.2) is 0 Å². The van der Waals surface area contributed by atoms with Crippen molar-refractivity contribution in [3.8, 4) is 0 Å². The van der Waals surface area contributed by atoms with Crippen LogP contribution in [0, 0.1) is 65.1 Å². The number of methoxy groups -OCH3 is 2. The van der Waals surface area contributed by atoms with Crippen molar-refractivity contribution in [1.82, 2.24) is 0 Å². The molecule has 13 unspecified atom stereocenters. The molecule has 0 aromatic heterocycles. The number of hydrogen-bond acceptors (Lipinski definition) is 7. The zero-order valence-electron chi connectivity index (χ0n) is 25.3. The molecular formula is C33H52O7. The van der Waals surface area contributed by atoms with Gasteiger partial charge in [-0.15, -0.1) is 0 Å². The molecule has 6 aliphatic carbocycles. The highest BCUT2D eigenvalue weighted by Gasteiger charge is 2.63. The number of carbonyl (C=O) groups excluding carboxylic acids is 3. The maximum atomic E-state index is 12.7. The van der Waals surface area contributed by atoms with Crippen LogP contribution in [0.2, 0.25) is 0 Å². The summed E-state index contributed by atoms with van der Waals surface area (Å²) >= 11 is 0. The van der Waals surface area contributed by atoms with Gasteiger partial charge in [0.05, 0.1) is 38.8 Å². The molecule has 0 aromatic carbocycles. The topological polar surface area (TPSA) is 91.4 Å². The SMILES string of the molecule is C1CC2CC1CC2C1CO1.CCC(CC(C)C(=O)OC)C(=O)OC1CC2CC1C1C3CCC(C3)C21.COC(C)=O. The van der Waals surface area contributed by atoms with E-state index in [1.54, 1.807) is 0 Å². The van der Waals surface area contributed by atoms with E-state index in [1.165, 1.54) is 72.5 Å². The summed E-state index contributed by atoms with van der Waals surface area (Å²) in [5.74, 6) is 7.22. The van der Waals surface area contributed by atoms with Crippen molar-refractivity contribution in [3.63, 3.8) is 0 Å². The summed E-state index contributed by atoms with van der Waals surface area (Å²) in [4.78, 5) is 34.0. The minimum atomic E-state index is -0.252. The fourth-order valence-corrected chi connectivity index (χ4v) is 10.1. The van der Waals surface area contributed by atoms with Crippen LogP contribution in [0.5, 0.6) is 0 Å². The van der Waals surface area contributed by atoms with Crippen molar-refractivity contribution in [2.75, 3.05) is 20.8 Å². The Hall–Kier alpha value is -1.63. The lowest BCUT2D eigenvalue weighted by molar-refractivity contribution is -0.160. The van der Waals surface area contributed by atoms with Gasteiger partial charge < -0.3 is 18.9 Å². The number of carbonyl (C=O) groups is 3. The Balaban J connectivity index is 0.000000175. The van der Waals surface area contributed by atoms with E-state index in [0.29, 0.717) is 18.4 Å². The van der Waals surface area contributed by atoms with Crippen LogP contribution in [0.1, 0.15) is 91.4 Å². The molecule has 0 amide bonds. The van der Waals surface area contributed by atoms with E-state index in [2.05, 4.69) is 4.74 Å². The van der Waals surface area contributed by atoms with Gasteiger partial charge in [0.25, 0.3) is 0 Å². The van der Waals surface area contributed by atoms with Crippen LogP contribution in [0.3, 0.4) is 0 Å². The number of ether oxygens (including phenoxy) is 4. The van der Waals surface area contributed by atoms with Gasteiger partial charge in [0.2, 0.25) is 0 Å². The summed E-state index contributed by atoms with van der Waals surface area (Å²) in [6.45, 7) is 6.27. The third-order valence-electron chi connectivity index (χ3n) is 11.9. The monoisotopic (exact) mass is 560 g/mol. The molecule has 1 saturated heterocycles. The normalized spacial score (nSPS) is 42.1. The van der Waals surface area contributed by atoms with Gasteiger partial charge in [-0.2, -0.15) is 0 Å². The van der Waals surface area contributed by atoms with E-state index in [4.69, 9.17) is 14.2 Å². The molecule has 226 valence electrons. The molecule has 6 saturated carbocycles. The van der Waals surface area contributed by atoms with Crippen LogP contribution in [-0.4, -0.2) is 50.9 Å². The molecule has 6 bridgehead atoms. The van der Waals surface area contributed by atoms with Crippen molar-refractivity contribution in [2.24, 2.45) is 65.1 Å². The molecular weight excluding hydrogens is 508 g/mol. The lowest BCUT2D eigenvalue weighted by atomic mass is 9.70. The van der Waals surface area contributed by atoms with Gasteiger partial charge in [-0.1, -0.05) is 20.3 Å². The van der Waals surface area contributed by atoms with E-state index >= 15 is 0 Å². The summed E-state index contributed by atoms with van der Waals surface area (Å²) < 4.78 is 20.3. The van der Waals surface area contributed by atoms with Crippen LogP contribution < -0.4 is 0 Å².